The third kappa shape index (κ3) is 2.52. The monoisotopic (exact) mass is 347 g/mol. The van der Waals surface area contributed by atoms with Gasteiger partial charge in [-0.2, -0.15) is 0 Å². The molecule has 5 heteroatoms. The van der Waals surface area contributed by atoms with Crippen LogP contribution in [0, 0.1) is 0 Å². The van der Waals surface area contributed by atoms with Crippen LogP contribution in [0.2, 0.25) is 0 Å². The van der Waals surface area contributed by atoms with Crippen LogP contribution in [-0.4, -0.2) is 33.1 Å². The van der Waals surface area contributed by atoms with Gasteiger partial charge in [-0.15, -0.1) is 0 Å². The lowest BCUT2D eigenvalue weighted by Gasteiger charge is -2.34. The highest BCUT2D eigenvalue weighted by Gasteiger charge is 2.30. The van der Waals surface area contributed by atoms with E-state index in [1.165, 1.54) is 21.8 Å². The van der Waals surface area contributed by atoms with E-state index < -0.39 is 0 Å². The third-order valence-electron chi connectivity index (χ3n) is 5.40. The fourth-order valence-corrected chi connectivity index (χ4v) is 3.82. The van der Waals surface area contributed by atoms with Crippen LogP contribution in [0.3, 0.4) is 0 Å². The van der Waals surface area contributed by atoms with Crippen LogP contribution in [0.25, 0.3) is 27.4 Å². The molecule has 2 aromatic heterocycles. The molecule has 1 fully saturated rings. The predicted octanol–water partition coefficient (Wildman–Crippen LogP) is 3.09. The van der Waals surface area contributed by atoms with Crippen LogP contribution in [0.4, 0.5) is 0 Å². The molecule has 2 aliphatic rings. The number of allylic oxidation sites excluding steroid dienone is 2. The second-order valence-corrected chi connectivity index (χ2v) is 7.11. The number of hydrogen-bond acceptors (Lipinski definition) is 4. The summed E-state index contributed by atoms with van der Waals surface area (Å²) in [4.78, 5) is 4.26. The van der Waals surface area contributed by atoms with E-state index >= 15 is 0 Å². The van der Waals surface area contributed by atoms with Crippen molar-refractivity contribution in [1.29, 1.82) is 0 Å². The van der Waals surface area contributed by atoms with E-state index in [1.54, 1.807) is 0 Å². The number of nitrogens with zero attached hydrogens (tertiary/aromatic N) is 2. The highest BCUT2D eigenvalue weighted by Crippen LogP contribution is 2.31. The van der Waals surface area contributed by atoms with Gasteiger partial charge in [0.05, 0.1) is 17.7 Å². The molecule has 132 valence electrons. The van der Waals surface area contributed by atoms with Crippen molar-refractivity contribution in [1.82, 2.24) is 14.9 Å². The Balaban J connectivity index is 1.41. The number of hydrogen-bond donors (Lipinski definition) is 2. The summed E-state index contributed by atoms with van der Waals surface area (Å²) < 4.78 is 8.11. The molecule has 2 N–H and O–H groups in total. The lowest BCUT2D eigenvalue weighted by atomic mass is 9.92. The zero-order valence-electron chi connectivity index (χ0n) is 14.6. The van der Waals surface area contributed by atoms with Gasteiger partial charge in [0.1, 0.15) is 6.23 Å². The summed E-state index contributed by atoms with van der Waals surface area (Å²) in [7, 11) is 2.09. The molecule has 1 unspecified atom stereocenters. The number of aromatic nitrogens is 2. The van der Waals surface area contributed by atoms with Crippen molar-refractivity contribution in [3.05, 3.63) is 60.6 Å². The van der Waals surface area contributed by atoms with Gasteiger partial charge in [0, 0.05) is 41.9 Å². The Morgan fingerprint density at radius 3 is 2.85 bits per heavy atom. The molecule has 0 spiro atoms. The molecule has 26 heavy (non-hydrogen) atoms. The first-order valence-electron chi connectivity index (χ1n) is 8.99. The molecule has 1 saturated carbocycles. The Kier molecular flexibility index (Phi) is 3.58. The van der Waals surface area contributed by atoms with Crippen molar-refractivity contribution >= 4 is 27.4 Å². The first-order chi connectivity index (χ1) is 12.7. The minimum absolute atomic E-state index is 0.122. The molecule has 3 aromatic rings. The second-order valence-electron chi connectivity index (χ2n) is 7.11. The number of dihydropyridines is 1. The van der Waals surface area contributed by atoms with Crippen molar-refractivity contribution < 1.29 is 9.84 Å². The molecule has 5 rings (SSSR count). The number of pyridine rings is 1. The lowest BCUT2D eigenvalue weighted by Crippen LogP contribution is -2.41. The van der Waals surface area contributed by atoms with Crippen molar-refractivity contribution in [3.63, 3.8) is 0 Å². The summed E-state index contributed by atoms with van der Waals surface area (Å²) in [5.74, 6) is 0. The molecule has 5 nitrogen and oxygen atoms in total. The van der Waals surface area contributed by atoms with Crippen LogP contribution >= 0.6 is 0 Å². The fraction of sp³-hybridized carbons (Fsp3) is 0.286. The topological polar surface area (TPSA) is 59.3 Å². The quantitative estimate of drug-likeness (QED) is 0.764. The number of ether oxygens (including phenoxy) is 1. The van der Waals surface area contributed by atoms with Gasteiger partial charge in [0.15, 0.2) is 0 Å². The van der Waals surface area contributed by atoms with Crippen molar-refractivity contribution in [3.8, 4) is 0 Å². The Labute approximate surface area is 151 Å². The summed E-state index contributed by atoms with van der Waals surface area (Å²) in [5.41, 5.74) is 4.68. The molecular formula is C21H21N3O2. The minimum Gasteiger partial charge on any atom is -0.393 e. The SMILES string of the molecule is Cn1c2ccncc2c2ccc(C3=CNC(OC4CC(O)C4)C=C3)cc21. The van der Waals surface area contributed by atoms with Crippen molar-refractivity contribution in [2.45, 2.75) is 31.3 Å². The average molecular weight is 347 g/mol. The van der Waals surface area contributed by atoms with E-state index in [-0.39, 0.29) is 18.4 Å². The van der Waals surface area contributed by atoms with E-state index in [9.17, 15) is 5.11 Å². The molecule has 0 bridgehead atoms. The van der Waals surface area contributed by atoms with Gasteiger partial charge in [-0.3, -0.25) is 4.98 Å². The Hall–Kier alpha value is -2.63. The molecule has 1 aromatic carbocycles. The number of rotatable bonds is 3. The molecule has 0 amide bonds. The average Bonchev–Trinajstić information content (AvgIpc) is 2.94. The highest BCUT2D eigenvalue weighted by molar-refractivity contribution is 6.08. The molecule has 1 atom stereocenters. The van der Waals surface area contributed by atoms with Crippen LogP contribution in [-0.2, 0) is 11.8 Å². The van der Waals surface area contributed by atoms with Gasteiger partial charge >= 0.3 is 0 Å². The Morgan fingerprint density at radius 2 is 2.08 bits per heavy atom. The van der Waals surface area contributed by atoms with Crippen molar-refractivity contribution in [2.24, 2.45) is 7.05 Å². The summed E-state index contributed by atoms with van der Waals surface area (Å²) in [6.45, 7) is 0. The molecule has 1 aliphatic carbocycles. The van der Waals surface area contributed by atoms with Crippen LogP contribution < -0.4 is 5.32 Å². The van der Waals surface area contributed by atoms with E-state index in [0.29, 0.717) is 0 Å². The maximum atomic E-state index is 9.36. The molecular weight excluding hydrogens is 326 g/mol. The largest absolute Gasteiger partial charge is 0.393 e. The zero-order chi connectivity index (χ0) is 17.7. The number of benzene rings is 1. The van der Waals surface area contributed by atoms with E-state index in [2.05, 4.69) is 52.3 Å². The zero-order valence-corrected chi connectivity index (χ0v) is 14.6. The normalized spacial score (nSPS) is 25.2. The second kappa shape index (κ2) is 5.97. The minimum atomic E-state index is -0.193. The van der Waals surface area contributed by atoms with E-state index in [4.69, 9.17) is 4.74 Å². The van der Waals surface area contributed by atoms with Gasteiger partial charge in [-0.05, 0) is 42.2 Å². The van der Waals surface area contributed by atoms with Crippen molar-refractivity contribution in [2.75, 3.05) is 0 Å². The highest BCUT2D eigenvalue weighted by atomic mass is 16.5. The lowest BCUT2D eigenvalue weighted by molar-refractivity contribution is -0.0955. The maximum Gasteiger partial charge on any atom is 0.147 e. The number of aryl methyl sites for hydroxylation is 1. The van der Waals surface area contributed by atoms with Gasteiger partial charge in [0.2, 0.25) is 0 Å². The summed E-state index contributed by atoms with van der Waals surface area (Å²) >= 11 is 0. The fourth-order valence-electron chi connectivity index (χ4n) is 3.82. The number of aliphatic hydroxyl groups excluding tert-OH is 1. The van der Waals surface area contributed by atoms with Gasteiger partial charge in [-0.1, -0.05) is 18.2 Å². The van der Waals surface area contributed by atoms with Crippen LogP contribution in [0.5, 0.6) is 0 Å². The smallest absolute Gasteiger partial charge is 0.147 e. The first-order valence-corrected chi connectivity index (χ1v) is 8.99. The predicted molar refractivity (Wildman–Crippen MR) is 102 cm³/mol. The number of nitrogens with one attached hydrogen (secondary N) is 1. The standard InChI is InChI=1S/C21H21N3O2/c1-24-19-6-7-22-12-18(19)17-4-2-13(8-20(17)24)14-3-5-21(23-11-14)26-16-9-15(25)10-16/h2-8,11-12,15-16,21,23,25H,9-10H2,1H3. The Morgan fingerprint density at radius 1 is 1.19 bits per heavy atom. The van der Waals surface area contributed by atoms with E-state index in [0.717, 1.165) is 24.0 Å². The van der Waals surface area contributed by atoms with E-state index in [1.807, 2.05) is 24.7 Å². The van der Waals surface area contributed by atoms with Gasteiger partial charge in [0.25, 0.3) is 0 Å². The summed E-state index contributed by atoms with van der Waals surface area (Å²) in [6.07, 6.45) is 11.2. The number of aliphatic hydroxyl groups is 1. The van der Waals surface area contributed by atoms with Gasteiger partial charge < -0.3 is 19.7 Å². The molecule has 0 radical (unpaired) electrons. The summed E-state index contributed by atoms with van der Waals surface area (Å²) in [6, 6.07) is 8.59. The molecule has 0 saturated heterocycles. The molecule has 3 heterocycles. The first kappa shape index (κ1) is 15.6. The Bertz CT molecular complexity index is 1040. The molecule has 1 aliphatic heterocycles. The summed E-state index contributed by atoms with van der Waals surface area (Å²) in [5, 5.41) is 15.1. The third-order valence-corrected chi connectivity index (χ3v) is 5.40. The van der Waals surface area contributed by atoms with Gasteiger partial charge in [-0.25, -0.2) is 0 Å². The maximum absolute atomic E-state index is 9.36. The number of fused-ring (bicyclic) bond motifs is 3. The van der Waals surface area contributed by atoms with Crippen LogP contribution in [0.1, 0.15) is 18.4 Å². The van der Waals surface area contributed by atoms with Crippen LogP contribution in [0.15, 0.2) is 55.0 Å².